The van der Waals surface area contributed by atoms with Gasteiger partial charge in [0.1, 0.15) is 11.6 Å². The molecule has 1 fully saturated rings. The second kappa shape index (κ2) is 7.86. The number of halogens is 2. The molecule has 2 aromatic rings. The molecule has 1 aliphatic heterocycles. The van der Waals surface area contributed by atoms with Crippen LogP contribution in [-0.2, 0) is 16.0 Å². The summed E-state index contributed by atoms with van der Waals surface area (Å²) in [6, 6.07) is 11.4. The second-order valence-electron chi connectivity index (χ2n) is 7.92. The van der Waals surface area contributed by atoms with Gasteiger partial charge in [-0.25, -0.2) is 4.39 Å². The van der Waals surface area contributed by atoms with E-state index in [2.05, 4.69) is 28.1 Å². The monoisotopic (exact) mass is 446 g/mol. The summed E-state index contributed by atoms with van der Waals surface area (Å²) >= 11 is 3.31. The minimum atomic E-state index is -0.210. The predicted molar refractivity (Wildman–Crippen MR) is 109 cm³/mol. The smallest absolute Gasteiger partial charge is 0.309 e. The van der Waals surface area contributed by atoms with Crippen LogP contribution < -0.4 is 4.74 Å². The largest absolute Gasteiger partial charge is 0.493 e. The molecule has 1 unspecified atom stereocenters. The number of methoxy groups -OCH3 is 1. The zero-order valence-corrected chi connectivity index (χ0v) is 17.7. The highest BCUT2D eigenvalue weighted by molar-refractivity contribution is 9.10. The van der Waals surface area contributed by atoms with Crippen LogP contribution in [0.2, 0.25) is 0 Å². The lowest BCUT2D eigenvalue weighted by Gasteiger charge is -2.28. The second-order valence-corrected chi connectivity index (χ2v) is 8.84. The Labute approximate surface area is 173 Å². The van der Waals surface area contributed by atoms with Crippen LogP contribution >= 0.6 is 15.9 Å². The first kappa shape index (κ1) is 19.4. The van der Waals surface area contributed by atoms with Gasteiger partial charge in [-0.15, -0.1) is 0 Å². The molecule has 3 nitrogen and oxygen atoms in total. The van der Waals surface area contributed by atoms with Gasteiger partial charge < -0.3 is 9.47 Å². The molecule has 0 bridgehead atoms. The van der Waals surface area contributed by atoms with Crippen molar-refractivity contribution >= 4 is 21.9 Å². The van der Waals surface area contributed by atoms with Gasteiger partial charge in [-0.2, -0.15) is 0 Å². The highest BCUT2D eigenvalue weighted by Crippen LogP contribution is 2.48. The van der Waals surface area contributed by atoms with Crippen molar-refractivity contribution in [2.75, 3.05) is 13.7 Å². The molecule has 2 aliphatic rings. The van der Waals surface area contributed by atoms with E-state index in [0.29, 0.717) is 18.1 Å². The lowest BCUT2D eigenvalue weighted by atomic mass is 9.81. The van der Waals surface area contributed by atoms with E-state index in [-0.39, 0.29) is 29.5 Å². The van der Waals surface area contributed by atoms with Crippen LogP contribution in [0.3, 0.4) is 0 Å². The van der Waals surface area contributed by atoms with Gasteiger partial charge in [0.15, 0.2) is 0 Å². The molecule has 28 heavy (non-hydrogen) atoms. The van der Waals surface area contributed by atoms with Crippen molar-refractivity contribution in [2.45, 2.75) is 38.0 Å². The summed E-state index contributed by atoms with van der Waals surface area (Å²) in [7, 11) is 1.45. The third-order valence-corrected chi connectivity index (χ3v) is 6.51. The van der Waals surface area contributed by atoms with Crippen LogP contribution in [0.5, 0.6) is 5.75 Å². The van der Waals surface area contributed by atoms with Crippen molar-refractivity contribution in [2.24, 2.45) is 11.8 Å². The third-order valence-electron chi connectivity index (χ3n) is 6.02. The molecule has 3 atom stereocenters. The van der Waals surface area contributed by atoms with Gasteiger partial charge in [0.2, 0.25) is 0 Å². The van der Waals surface area contributed by atoms with Crippen LogP contribution in [0, 0.1) is 17.7 Å². The Morgan fingerprint density at radius 2 is 2.04 bits per heavy atom. The summed E-state index contributed by atoms with van der Waals surface area (Å²) in [5.74, 6) is 0.961. The topological polar surface area (TPSA) is 35.5 Å². The first-order valence-corrected chi connectivity index (χ1v) is 10.6. The van der Waals surface area contributed by atoms with Gasteiger partial charge in [0, 0.05) is 10.4 Å². The summed E-state index contributed by atoms with van der Waals surface area (Å²) in [6.45, 7) is 2.42. The fraction of sp³-hybridized carbons (Fsp3) is 0.435. The zero-order valence-electron chi connectivity index (χ0n) is 16.1. The van der Waals surface area contributed by atoms with Crippen LogP contribution in [0.4, 0.5) is 4.39 Å². The van der Waals surface area contributed by atoms with Crippen molar-refractivity contribution in [3.63, 3.8) is 0 Å². The molecule has 1 heterocycles. The van der Waals surface area contributed by atoms with Crippen molar-refractivity contribution < 1.29 is 18.7 Å². The Bertz CT molecular complexity index is 893. The van der Waals surface area contributed by atoms with Crippen LogP contribution in [0.1, 0.15) is 48.3 Å². The fourth-order valence-electron chi connectivity index (χ4n) is 4.41. The molecule has 5 heteroatoms. The number of rotatable bonds is 5. The van der Waals surface area contributed by atoms with E-state index in [1.54, 1.807) is 0 Å². The number of carbonyl (C=O) groups excluding carboxylic acids is 1. The summed E-state index contributed by atoms with van der Waals surface area (Å²) in [5, 5.41) is 0. The molecule has 0 amide bonds. The molecule has 0 aromatic heterocycles. The van der Waals surface area contributed by atoms with Gasteiger partial charge in [0.05, 0.1) is 19.6 Å². The van der Waals surface area contributed by atoms with Crippen LogP contribution in [0.15, 0.2) is 40.9 Å². The molecule has 0 N–H and O–H groups in total. The number of esters is 1. The summed E-state index contributed by atoms with van der Waals surface area (Å²) < 4.78 is 26.1. The van der Waals surface area contributed by atoms with Gasteiger partial charge in [-0.05, 0) is 66.0 Å². The molecular weight excluding hydrogens is 423 g/mol. The first-order valence-electron chi connectivity index (χ1n) is 9.76. The Morgan fingerprint density at radius 3 is 2.71 bits per heavy atom. The Balaban J connectivity index is 1.62. The standard InChI is InChI=1S/C23H24BrFO3/c1-13(23(26)27-2)22(14-3-4-14)15-5-8-21-16(9-15)10-17(12-28-21)19-7-6-18(24)11-20(19)25/h5-9,11,13-14,17,22H,3-4,10,12H2,1-2H3/t13-,17?,22-/m0/s1. The van der Waals surface area contributed by atoms with Crippen molar-refractivity contribution in [1.82, 2.24) is 0 Å². The molecular formula is C23H24BrFO3. The average molecular weight is 447 g/mol. The zero-order chi connectivity index (χ0) is 19.8. The Morgan fingerprint density at radius 1 is 1.25 bits per heavy atom. The maximum absolute atomic E-state index is 14.4. The van der Waals surface area contributed by atoms with Gasteiger partial charge in [-0.1, -0.05) is 41.1 Å². The van der Waals surface area contributed by atoms with Crippen molar-refractivity contribution in [3.8, 4) is 5.75 Å². The maximum Gasteiger partial charge on any atom is 0.309 e. The number of benzene rings is 2. The summed E-state index contributed by atoms with van der Waals surface area (Å²) in [4.78, 5) is 12.2. The van der Waals surface area contributed by atoms with E-state index >= 15 is 0 Å². The lowest BCUT2D eigenvalue weighted by molar-refractivity contribution is -0.145. The molecule has 4 rings (SSSR count). The lowest BCUT2D eigenvalue weighted by Crippen LogP contribution is -2.24. The van der Waals surface area contributed by atoms with E-state index in [9.17, 15) is 9.18 Å². The molecule has 2 aromatic carbocycles. The molecule has 0 saturated heterocycles. The molecule has 1 saturated carbocycles. The summed E-state index contributed by atoms with van der Waals surface area (Å²) in [5.41, 5.74) is 2.92. The number of hydrogen-bond acceptors (Lipinski definition) is 3. The molecule has 148 valence electrons. The SMILES string of the molecule is COC(=O)[C@@H](C)[C@H](c1ccc2c(c1)CC(c1ccc(Br)cc1F)CO2)C1CC1. The van der Waals surface area contributed by atoms with Crippen LogP contribution in [-0.4, -0.2) is 19.7 Å². The highest BCUT2D eigenvalue weighted by atomic mass is 79.9. The van der Waals surface area contributed by atoms with E-state index < -0.39 is 0 Å². The van der Waals surface area contributed by atoms with Gasteiger partial charge >= 0.3 is 5.97 Å². The number of ether oxygens (including phenoxy) is 2. The van der Waals surface area contributed by atoms with E-state index in [4.69, 9.17) is 9.47 Å². The molecule has 0 radical (unpaired) electrons. The van der Waals surface area contributed by atoms with E-state index in [1.807, 2.05) is 25.1 Å². The Hall–Kier alpha value is -1.88. The number of hydrogen-bond donors (Lipinski definition) is 0. The highest BCUT2D eigenvalue weighted by Gasteiger charge is 2.39. The minimum absolute atomic E-state index is 0.0201. The number of fused-ring (bicyclic) bond motifs is 1. The number of carbonyl (C=O) groups is 1. The van der Waals surface area contributed by atoms with Gasteiger partial charge in [-0.3, -0.25) is 4.79 Å². The van der Waals surface area contributed by atoms with E-state index in [0.717, 1.165) is 40.6 Å². The summed E-state index contributed by atoms with van der Waals surface area (Å²) in [6.07, 6.45) is 3.02. The van der Waals surface area contributed by atoms with Crippen LogP contribution in [0.25, 0.3) is 0 Å². The average Bonchev–Trinajstić information content (AvgIpc) is 3.52. The predicted octanol–water partition coefficient (Wildman–Crippen LogP) is 5.61. The van der Waals surface area contributed by atoms with Crippen molar-refractivity contribution in [3.05, 3.63) is 63.4 Å². The normalized spacial score (nSPS) is 20.6. The fourth-order valence-corrected chi connectivity index (χ4v) is 4.74. The molecule has 1 aliphatic carbocycles. The van der Waals surface area contributed by atoms with E-state index in [1.165, 1.54) is 13.2 Å². The quantitative estimate of drug-likeness (QED) is 0.559. The van der Waals surface area contributed by atoms with Gasteiger partial charge in [0.25, 0.3) is 0 Å². The Kier molecular flexibility index (Phi) is 5.46. The maximum atomic E-state index is 14.4. The molecule has 0 spiro atoms. The minimum Gasteiger partial charge on any atom is -0.493 e. The first-order chi connectivity index (χ1) is 13.5. The van der Waals surface area contributed by atoms with Crippen molar-refractivity contribution in [1.29, 1.82) is 0 Å². The third kappa shape index (κ3) is 3.82.